The van der Waals surface area contributed by atoms with E-state index in [0.29, 0.717) is 22.1 Å². The average molecular weight is 378 g/mol. The lowest BCUT2D eigenvalue weighted by molar-refractivity contribution is 0.290. The minimum absolute atomic E-state index is 0.335. The first-order valence-corrected chi connectivity index (χ1v) is 6.67. The van der Waals surface area contributed by atoms with Crippen LogP contribution >= 0.6 is 43.5 Å². The summed E-state index contributed by atoms with van der Waals surface area (Å²) in [7, 11) is 0. The molecule has 1 aromatic carbocycles. The zero-order valence-electron chi connectivity index (χ0n) is 8.53. The Hall–Kier alpha value is -0.650. The first-order chi connectivity index (χ1) is 8.18. The van der Waals surface area contributed by atoms with Gasteiger partial charge in [0.15, 0.2) is 5.15 Å². The van der Waals surface area contributed by atoms with Crippen molar-refractivity contribution in [3.8, 4) is 5.88 Å². The number of ether oxygens (including phenoxy) is 1. The molecule has 0 aliphatic carbocycles. The second-order valence-electron chi connectivity index (χ2n) is 3.16. The van der Waals surface area contributed by atoms with E-state index in [9.17, 15) is 0 Å². The maximum Gasteiger partial charge on any atom is 0.233 e. The summed E-state index contributed by atoms with van der Waals surface area (Å²) in [5.41, 5.74) is 1.04. The lowest BCUT2D eigenvalue weighted by Crippen LogP contribution is -1.99. The van der Waals surface area contributed by atoms with Gasteiger partial charge >= 0.3 is 0 Å². The van der Waals surface area contributed by atoms with Crippen molar-refractivity contribution in [1.82, 2.24) is 9.97 Å². The molecular weight excluding hydrogens is 371 g/mol. The van der Waals surface area contributed by atoms with Crippen molar-refractivity contribution in [1.29, 1.82) is 0 Å². The zero-order valence-corrected chi connectivity index (χ0v) is 12.5. The molecule has 0 radical (unpaired) electrons. The summed E-state index contributed by atoms with van der Waals surface area (Å²) in [5.74, 6) is 0.431. The summed E-state index contributed by atoms with van der Waals surface area (Å²) in [6.07, 6.45) is 1.36. The highest BCUT2D eigenvalue weighted by molar-refractivity contribution is 9.11. The minimum atomic E-state index is 0.335. The molecule has 0 amide bonds. The topological polar surface area (TPSA) is 35.0 Å². The number of hydrogen-bond donors (Lipinski definition) is 0. The van der Waals surface area contributed by atoms with Gasteiger partial charge in [-0.2, -0.15) is 0 Å². The van der Waals surface area contributed by atoms with Crippen LogP contribution in [0.15, 0.2) is 39.5 Å². The maximum atomic E-state index is 5.84. The molecule has 2 rings (SSSR count). The maximum absolute atomic E-state index is 5.84. The smallest absolute Gasteiger partial charge is 0.233 e. The third-order valence-corrected chi connectivity index (χ3v) is 4.04. The van der Waals surface area contributed by atoms with Crippen LogP contribution in [0.4, 0.5) is 0 Å². The highest BCUT2D eigenvalue weighted by atomic mass is 79.9. The molecule has 2 aromatic rings. The molecule has 0 aliphatic rings. The second kappa shape index (κ2) is 5.80. The Kier molecular flexibility index (Phi) is 4.36. The Morgan fingerprint density at radius 3 is 2.71 bits per heavy atom. The molecule has 0 spiro atoms. The second-order valence-corrected chi connectivity index (χ2v) is 5.17. The van der Waals surface area contributed by atoms with Crippen molar-refractivity contribution >= 4 is 43.5 Å². The molecule has 1 aromatic heterocycles. The van der Waals surface area contributed by atoms with E-state index in [-0.39, 0.29) is 0 Å². The van der Waals surface area contributed by atoms with Crippen LogP contribution in [-0.4, -0.2) is 9.97 Å². The number of aromatic nitrogens is 2. The van der Waals surface area contributed by atoms with E-state index in [2.05, 4.69) is 41.8 Å². The molecule has 3 nitrogen and oxygen atoms in total. The fourth-order valence-corrected chi connectivity index (χ4v) is 2.04. The van der Waals surface area contributed by atoms with Gasteiger partial charge < -0.3 is 4.74 Å². The summed E-state index contributed by atoms with van der Waals surface area (Å²) in [4.78, 5) is 7.83. The van der Waals surface area contributed by atoms with Gasteiger partial charge in [0, 0.05) is 10.0 Å². The molecule has 88 valence electrons. The molecule has 0 fully saturated rings. The Bertz CT molecular complexity index is 537. The Morgan fingerprint density at radius 2 is 1.94 bits per heavy atom. The fraction of sp³-hybridized carbons (Fsp3) is 0.0909. The quantitative estimate of drug-likeness (QED) is 0.750. The van der Waals surface area contributed by atoms with E-state index in [4.69, 9.17) is 16.3 Å². The van der Waals surface area contributed by atoms with E-state index < -0.39 is 0 Å². The van der Waals surface area contributed by atoms with Gasteiger partial charge in [-0.05, 0) is 22.0 Å². The molecule has 0 unspecified atom stereocenters. The first-order valence-electron chi connectivity index (χ1n) is 4.70. The Balaban J connectivity index is 2.13. The lowest BCUT2D eigenvalue weighted by atomic mass is 10.2. The SMILES string of the molecule is Clc1ncnc(OCc2ccccc2Br)c1Br. The predicted molar refractivity (Wildman–Crippen MR) is 73.2 cm³/mol. The summed E-state index contributed by atoms with van der Waals surface area (Å²) in [6, 6.07) is 7.83. The van der Waals surface area contributed by atoms with Crippen LogP contribution in [0.3, 0.4) is 0 Å². The summed E-state index contributed by atoms with van der Waals surface area (Å²) >= 11 is 12.6. The summed E-state index contributed by atoms with van der Waals surface area (Å²) in [5, 5.41) is 0.335. The van der Waals surface area contributed by atoms with Gasteiger partial charge in [-0.25, -0.2) is 9.97 Å². The summed E-state index contributed by atoms with van der Waals surface area (Å²) in [6.45, 7) is 0.410. The average Bonchev–Trinajstić information content (AvgIpc) is 2.33. The predicted octanol–water partition coefficient (Wildman–Crippen LogP) is 4.23. The summed E-state index contributed by atoms with van der Waals surface area (Å²) < 4.78 is 7.13. The third kappa shape index (κ3) is 3.18. The van der Waals surface area contributed by atoms with Crippen molar-refractivity contribution in [2.24, 2.45) is 0 Å². The first kappa shape index (κ1) is 12.8. The number of hydrogen-bond acceptors (Lipinski definition) is 3. The van der Waals surface area contributed by atoms with Crippen molar-refractivity contribution < 1.29 is 4.74 Å². The van der Waals surface area contributed by atoms with E-state index in [1.165, 1.54) is 6.33 Å². The number of rotatable bonds is 3. The monoisotopic (exact) mass is 376 g/mol. The van der Waals surface area contributed by atoms with Crippen LogP contribution in [0.5, 0.6) is 5.88 Å². The van der Waals surface area contributed by atoms with Crippen molar-refractivity contribution in [3.05, 3.63) is 50.3 Å². The van der Waals surface area contributed by atoms with Gasteiger partial charge in [-0.3, -0.25) is 0 Å². The molecule has 0 saturated heterocycles. The van der Waals surface area contributed by atoms with Crippen LogP contribution in [0.1, 0.15) is 5.56 Å². The normalized spacial score (nSPS) is 10.3. The molecular formula is C11H7Br2ClN2O. The molecule has 0 aliphatic heterocycles. The molecule has 0 saturated carbocycles. The zero-order chi connectivity index (χ0) is 12.3. The van der Waals surface area contributed by atoms with E-state index in [1.807, 2.05) is 24.3 Å². The van der Waals surface area contributed by atoms with Gasteiger partial charge in [-0.1, -0.05) is 45.7 Å². The van der Waals surface area contributed by atoms with Crippen molar-refractivity contribution in [2.75, 3.05) is 0 Å². The molecule has 17 heavy (non-hydrogen) atoms. The van der Waals surface area contributed by atoms with E-state index in [1.54, 1.807) is 0 Å². The highest BCUT2D eigenvalue weighted by Gasteiger charge is 2.08. The fourth-order valence-electron chi connectivity index (χ4n) is 1.20. The van der Waals surface area contributed by atoms with Gasteiger partial charge in [-0.15, -0.1) is 0 Å². The van der Waals surface area contributed by atoms with Crippen LogP contribution in [0.2, 0.25) is 5.15 Å². The molecule has 1 heterocycles. The molecule has 6 heteroatoms. The highest BCUT2D eigenvalue weighted by Crippen LogP contribution is 2.29. The Morgan fingerprint density at radius 1 is 1.18 bits per heavy atom. The van der Waals surface area contributed by atoms with Crippen LogP contribution < -0.4 is 4.74 Å². The van der Waals surface area contributed by atoms with Gasteiger partial charge in [0.25, 0.3) is 0 Å². The molecule has 0 atom stereocenters. The van der Waals surface area contributed by atoms with E-state index in [0.717, 1.165) is 10.0 Å². The number of halogens is 3. The minimum Gasteiger partial charge on any atom is -0.472 e. The molecule has 0 N–H and O–H groups in total. The van der Waals surface area contributed by atoms with Crippen molar-refractivity contribution in [2.45, 2.75) is 6.61 Å². The van der Waals surface area contributed by atoms with Gasteiger partial charge in [0.05, 0.1) is 0 Å². The van der Waals surface area contributed by atoms with Gasteiger partial charge in [0.2, 0.25) is 5.88 Å². The largest absolute Gasteiger partial charge is 0.472 e. The number of nitrogens with zero attached hydrogens (tertiary/aromatic N) is 2. The third-order valence-electron chi connectivity index (χ3n) is 2.04. The van der Waals surface area contributed by atoms with Gasteiger partial charge in [0.1, 0.15) is 17.4 Å². The number of benzene rings is 1. The van der Waals surface area contributed by atoms with Crippen LogP contribution in [0.25, 0.3) is 0 Å². The van der Waals surface area contributed by atoms with Crippen LogP contribution in [0, 0.1) is 0 Å². The van der Waals surface area contributed by atoms with E-state index >= 15 is 0 Å². The molecule has 0 bridgehead atoms. The standard InChI is InChI=1S/C11H7Br2ClN2O/c12-8-4-2-1-3-7(8)5-17-11-9(13)10(14)15-6-16-11/h1-4,6H,5H2. The lowest BCUT2D eigenvalue weighted by Gasteiger charge is -2.08. The van der Waals surface area contributed by atoms with Crippen molar-refractivity contribution in [3.63, 3.8) is 0 Å². The van der Waals surface area contributed by atoms with Crippen LogP contribution in [-0.2, 0) is 6.61 Å². The Labute approximate surface area is 120 Å².